The summed E-state index contributed by atoms with van der Waals surface area (Å²) in [5, 5.41) is 7.28. The van der Waals surface area contributed by atoms with Crippen molar-refractivity contribution >= 4 is 48.0 Å². The fraction of sp³-hybridized carbons (Fsp3) is 0.562. The molecule has 0 saturated carbocycles. The minimum Gasteiger partial charge on any atom is -0.495 e. The number of carbonyl (C=O) groups is 1. The van der Waals surface area contributed by atoms with Gasteiger partial charge >= 0.3 is 0 Å². The molecule has 1 aromatic carbocycles. The second-order valence-corrected chi connectivity index (χ2v) is 6.43. The molecule has 0 bridgehead atoms. The maximum Gasteiger partial charge on any atom is 0.224 e. The standard InChI is InChI=1S/C16H22ClN3O2.2ClH/c1-22-15-3-2-13(17)6-14(15)19-5-4-16(21)20-9-11-7-18-8-12(11)10-20;;/h2-3,6,11-12,18-19H,4-5,7-10H2,1H3;2*1H/t11-,12+;;. The molecule has 2 aliphatic heterocycles. The molecule has 0 unspecified atom stereocenters. The van der Waals surface area contributed by atoms with Gasteiger partial charge in [-0.05, 0) is 30.0 Å². The Morgan fingerprint density at radius 1 is 1.33 bits per heavy atom. The Bertz CT molecular complexity index is 547. The van der Waals surface area contributed by atoms with Gasteiger partial charge in [-0.3, -0.25) is 4.79 Å². The summed E-state index contributed by atoms with van der Waals surface area (Å²) < 4.78 is 5.28. The van der Waals surface area contributed by atoms with E-state index in [1.807, 2.05) is 17.0 Å². The van der Waals surface area contributed by atoms with Crippen LogP contribution in [0.25, 0.3) is 0 Å². The van der Waals surface area contributed by atoms with Gasteiger partial charge in [-0.1, -0.05) is 11.6 Å². The lowest BCUT2D eigenvalue weighted by atomic mass is 10.0. The van der Waals surface area contributed by atoms with Crippen molar-refractivity contribution in [3.63, 3.8) is 0 Å². The molecule has 2 saturated heterocycles. The number of ether oxygens (including phenoxy) is 1. The zero-order valence-corrected chi connectivity index (χ0v) is 16.0. The molecule has 1 aromatic rings. The lowest BCUT2D eigenvalue weighted by Gasteiger charge is -2.18. The van der Waals surface area contributed by atoms with E-state index >= 15 is 0 Å². The van der Waals surface area contributed by atoms with Gasteiger partial charge in [0.1, 0.15) is 5.75 Å². The van der Waals surface area contributed by atoms with Crippen molar-refractivity contribution in [2.75, 3.05) is 45.2 Å². The highest BCUT2D eigenvalue weighted by Gasteiger charge is 2.37. The first kappa shape index (κ1) is 21.2. The number of benzene rings is 1. The van der Waals surface area contributed by atoms with Crippen molar-refractivity contribution in [3.05, 3.63) is 23.2 Å². The van der Waals surface area contributed by atoms with Crippen LogP contribution in [0.15, 0.2) is 18.2 Å². The Balaban J connectivity index is 0.00000144. The van der Waals surface area contributed by atoms with Crippen LogP contribution in [-0.4, -0.2) is 50.6 Å². The molecule has 0 radical (unpaired) electrons. The monoisotopic (exact) mass is 395 g/mol. The Kier molecular flexibility index (Phi) is 8.43. The maximum absolute atomic E-state index is 12.3. The lowest BCUT2D eigenvalue weighted by Crippen LogP contribution is -2.32. The van der Waals surface area contributed by atoms with Crippen LogP contribution in [-0.2, 0) is 4.79 Å². The van der Waals surface area contributed by atoms with Crippen molar-refractivity contribution in [2.24, 2.45) is 11.8 Å². The summed E-state index contributed by atoms with van der Waals surface area (Å²) in [5.41, 5.74) is 0.824. The van der Waals surface area contributed by atoms with Gasteiger partial charge in [0.05, 0.1) is 12.8 Å². The van der Waals surface area contributed by atoms with Crippen molar-refractivity contribution < 1.29 is 9.53 Å². The van der Waals surface area contributed by atoms with E-state index in [0.717, 1.165) is 37.6 Å². The minimum atomic E-state index is 0. The smallest absolute Gasteiger partial charge is 0.224 e. The molecular formula is C16H24Cl3N3O2. The summed E-state index contributed by atoms with van der Waals surface area (Å²) in [7, 11) is 1.62. The number of methoxy groups -OCH3 is 1. The number of nitrogens with one attached hydrogen (secondary N) is 2. The molecule has 2 aliphatic rings. The Morgan fingerprint density at radius 2 is 2.00 bits per heavy atom. The molecule has 2 heterocycles. The summed E-state index contributed by atoms with van der Waals surface area (Å²) in [4.78, 5) is 14.3. The first-order chi connectivity index (χ1) is 10.7. The molecule has 2 fully saturated rings. The number of anilines is 1. The molecule has 0 spiro atoms. The van der Waals surface area contributed by atoms with Crippen LogP contribution in [0, 0.1) is 11.8 Å². The highest BCUT2D eigenvalue weighted by Crippen LogP contribution is 2.28. The van der Waals surface area contributed by atoms with Crippen LogP contribution in [0.3, 0.4) is 0 Å². The number of hydrogen-bond acceptors (Lipinski definition) is 4. The molecular weight excluding hydrogens is 373 g/mol. The molecule has 136 valence electrons. The third-order valence-corrected chi connectivity index (χ3v) is 4.79. The van der Waals surface area contributed by atoms with E-state index in [0.29, 0.717) is 29.8 Å². The number of carbonyl (C=O) groups excluding carboxylic acids is 1. The van der Waals surface area contributed by atoms with Crippen molar-refractivity contribution in [2.45, 2.75) is 6.42 Å². The average molecular weight is 397 g/mol. The largest absolute Gasteiger partial charge is 0.495 e. The van der Waals surface area contributed by atoms with Gasteiger partial charge in [0.25, 0.3) is 0 Å². The van der Waals surface area contributed by atoms with Gasteiger partial charge in [-0.15, -0.1) is 24.8 Å². The van der Waals surface area contributed by atoms with E-state index < -0.39 is 0 Å². The number of rotatable bonds is 5. The quantitative estimate of drug-likeness (QED) is 0.803. The van der Waals surface area contributed by atoms with Crippen molar-refractivity contribution in [1.82, 2.24) is 10.2 Å². The summed E-state index contributed by atoms with van der Waals surface area (Å²) in [5.74, 6) is 2.25. The van der Waals surface area contributed by atoms with E-state index in [2.05, 4.69) is 10.6 Å². The van der Waals surface area contributed by atoms with Gasteiger partial charge in [0.2, 0.25) is 5.91 Å². The maximum atomic E-state index is 12.3. The molecule has 1 amide bonds. The first-order valence-corrected chi connectivity index (χ1v) is 8.11. The van der Waals surface area contributed by atoms with Gasteiger partial charge in [0.15, 0.2) is 0 Å². The van der Waals surface area contributed by atoms with Crippen LogP contribution < -0.4 is 15.4 Å². The van der Waals surface area contributed by atoms with Crippen LogP contribution >= 0.6 is 36.4 Å². The zero-order valence-electron chi connectivity index (χ0n) is 13.6. The van der Waals surface area contributed by atoms with E-state index in [4.69, 9.17) is 16.3 Å². The first-order valence-electron chi connectivity index (χ1n) is 7.73. The highest BCUT2D eigenvalue weighted by atomic mass is 35.5. The van der Waals surface area contributed by atoms with Gasteiger partial charge in [-0.25, -0.2) is 0 Å². The second-order valence-electron chi connectivity index (χ2n) is 6.00. The topological polar surface area (TPSA) is 53.6 Å². The molecule has 0 aliphatic carbocycles. The van der Waals surface area contributed by atoms with Gasteiger partial charge in [0, 0.05) is 44.2 Å². The number of nitrogens with zero attached hydrogens (tertiary/aromatic N) is 1. The lowest BCUT2D eigenvalue weighted by molar-refractivity contribution is -0.130. The second kappa shape index (κ2) is 9.56. The van der Waals surface area contributed by atoms with Crippen LogP contribution in [0.2, 0.25) is 5.02 Å². The third-order valence-electron chi connectivity index (χ3n) is 4.56. The Hall–Kier alpha value is -0.880. The Labute approximate surface area is 160 Å². The van der Waals surface area contributed by atoms with E-state index in [-0.39, 0.29) is 30.7 Å². The summed E-state index contributed by atoms with van der Waals surface area (Å²) >= 11 is 6.00. The highest BCUT2D eigenvalue weighted by molar-refractivity contribution is 6.30. The predicted octanol–water partition coefficient (Wildman–Crippen LogP) is 2.67. The molecule has 24 heavy (non-hydrogen) atoms. The molecule has 0 aromatic heterocycles. The number of fused-ring (bicyclic) bond motifs is 1. The fourth-order valence-electron chi connectivity index (χ4n) is 3.34. The van der Waals surface area contributed by atoms with E-state index in [1.165, 1.54) is 0 Å². The summed E-state index contributed by atoms with van der Waals surface area (Å²) in [6.45, 7) is 4.48. The predicted molar refractivity (Wildman–Crippen MR) is 102 cm³/mol. The van der Waals surface area contributed by atoms with Crippen molar-refractivity contribution in [1.29, 1.82) is 0 Å². The van der Waals surface area contributed by atoms with Crippen LogP contribution in [0.5, 0.6) is 5.75 Å². The number of likely N-dealkylation sites (tertiary alicyclic amines) is 1. The third kappa shape index (κ3) is 4.82. The average Bonchev–Trinajstić information content (AvgIpc) is 3.08. The molecule has 2 atom stereocenters. The van der Waals surface area contributed by atoms with Gasteiger partial charge < -0.3 is 20.3 Å². The summed E-state index contributed by atoms with van der Waals surface area (Å²) in [6, 6.07) is 5.42. The zero-order chi connectivity index (χ0) is 15.5. The van der Waals surface area contributed by atoms with Crippen molar-refractivity contribution in [3.8, 4) is 5.75 Å². The van der Waals surface area contributed by atoms with E-state index in [1.54, 1.807) is 13.2 Å². The minimum absolute atomic E-state index is 0. The van der Waals surface area contributed by atoms with E-state index in [9.17, 15) is 4.79 Å². The number of amides is 1. The molecule has 8 heteroatoms. The SMILES string of the molecule is COc1ccc(Cl)cc1NCCC(=O)N1C[C@H]2CNC[C@H]2C1.Cl.Cl. The number of halogens is 3. The number of hydrogen-bond donors (Lipinski definition) is 2. The van der Waals surface area contributed by atoms with Gasteiger partial charge in [-0.2, -0.15) is 0 Å². The van der Waals surface area contributed by atoms with Crippen LogP contribution in [0.4, 0.5) is 5.69 Å². The van der Waals surface area contributed by atoms with Crippen LogP contribution in [0.1, 0.15) is 6.42 Å². The molecule has 5 nitrogen and oxygen atoms in total. The Morgan fingerprint density at radius 3 is 2.62 bits per heavy atom. The molecule has 2 N–H and O–H groups in total. The fourth-order valence-corrected chi connectivity index (χ4v) is 3.51. The molecule has 3 rings (SSSR count). The normalized spacial score (nSPS) is 21.5. The summed E-state index contributed by atoms with van der Waals surface area (Å²) in [6.07, 6.45) is 0.489.